The molecule has 12 aromatic carbocycles. The lowest BCUT2D eigenvalue weighted by Crippen LogP contribution is -2.29. The summed E-state index contributed by atoms with van der Waals surface area (Å²) in [6.45, 7) is 0. The van der Waals surface area contributed by atoms with Crippen LogP contribution in [0.2, 0.25) is 0 Å². The van der Waals surface area contributed by atoms with Gasteiger partial charge in [-0.2, -0.15) is 0 Å². The Balaban J connectivity index is 0.000000159. The second-order valence-electron chi connectivity index (χ2n) is 20.5. The molecule has 0 saturated carbocycles. The van der Waals surface area contributed by atoms with Crippen molar-refractivity contribution in [2.24, 2.45) is 0 Å². The molecule has 87 heavy (non-hydrogen) atoms. The highest BCUT2D eigenvalue weighted by Crippen LogP contribution is 2.41. The lowest BCUT2D eigenvalue weighted by Gasteiger charge is -2.25. The lowest BCUT2D eigenvalue weighted by molar-refractivity contribution is 0.426. The van der Waals surface area contributed by atoms with Crippen LogP contribution < -0.4 is 15.3 Å². The second kappa shape index (κ2) is 28.1. The first-order valence-electron chi connectivity index (χ1n) is 28.5. The molecule has 2 N–H and O–H groups in total. The van der Waals surface area contributed by atoms with Gasteiger partial charge in [-0.15, -0.1) is 0 Å². The van der Waals surface area contributed by atoms with Crippen LogP contribution >= 0.6 is 22.6 Å². The molecule has 14 rings (SSSR count). The van der Waals surface area contributed by atoms with Crippen LogP contribution in [-0.2, 0) is 0 Å². The predicted molar refractivity (Wildman–Crippen MR) is 378 cm³/mol. The normalized spacial score (nSPS) is 10.6. The molecule has 0 amide bonds. The fourth-order valence-corrected chi connectivity index (χ4v) is 11.7. The molecule has 0 radical (unpaired) electrons. The molecule has 14 aromatic rings. The third-order valence-corrected chi connectivity index (χ3v) is 16.0. The molecule has 2 aromatic heterocycles. The number of fused-ring (bicyclic) bond motifs is 2. The van der Waals surface area contributed by atoms with Crippen LogP contribution in [-0.4, -0.2) is 27.1 Å². The van der Waals surface area contributed by atoms with Crippen molar-refractivity contribution < 1.29 is 11.5 Å². The number of pyridine rings is 2. The first-order chi connectivity index (χ1) is 42.4. The molecule has 0 spiro atoms. The Morgan fingerprint density at radius 3 is 0.908 bits per heavy atom. The number of aromatic nitrogens is 2. The smallest absolute Gasteiger partial charge is 0.423 e. The average Bonchev–Trinajstić information content (AvgIpc) is 3.77. The summed E-state index contributed by atoms with van der Waals surface area (Å²) < 4.78 is 1.28. The van der Waals surface area contributed by atoms with E-state index < -0.39 is 7.12 Å². The van der Waals surface area contributed by atoms with Gasteiger partial charge in [0.05, 0.1) is 0 Å². The van der Waals surface area contributed by atoms with Gasteiger partial charge in [0.25, 0.3) is 0 Å². The Labute approximate surface area is 525 Å². The molecule has 8 heteroatoms. The molecular weight excluding hydrogens is 1170 g/mol. The maximum Gasteiger partial charge on any atom is 0.488 e. The van der Waals surface area contributed by atoms with Gasteiger partial charge in [0.15, 0.2) is 0 Å². The molecule has 6 nitrogen and oxygen atoms in total. The topological polar surface area (TPSA) is 72.7 Å². The number of hydrogen-bond donors (Lipinski definition) is 2. The van der Waals surface area contributed by atoms with E-state index in [2.05, 4.69) is 309 Å². The summed E-state index contributed by atoms with van der Waals surface area (Å²) in [7, 11) is -1.41. The van der Waals surface area contributed by atoms with Crippen LogP contribution in [0.15, 0.2) is 340 Å². The summed E-state index contributed by atoms with van der Waals surface area (Å²) in [5, 5.41) is 23.0. The van der Waals surface area contributed by atoms with Crippen molar-refractivity contribution in [3.8, 4) is 55.6 Å². The van der Waals surface area contributed by atoms with Gasteiger partial charge in [0, 0.05) is 69.3 Å². The monoisotopic (exact) mass is 1240 g/mol. The number of nitrogens with zero attached hydrogens (tertiary/aromatic N) is 4. The third-order valence-electron chi connectivity index (χ3n) is 15.1. The van der Waals surface area contributed by atoms with E-state index in [-0.39, 0.29) is 8.85 Å². The summed E-state index contributed by atoms with van der Waals surface area (Å²) in [4.78, 5) is 12.7. The van der Waals surface area contributed by atoms with Gasteiger partial charge in [-0.1, -0.05) is 220 Å². The van der Waals surface area contributed by atoms with E-state index in [1.54, 1.807) is 24.5 Å². The Bertz CT molecular complexity index is 4370. The van der Waals surface area contributed by atoms with E-state index in [4.69, 9.17) is 10.0 Å². The maximum atomic E-state index is 8.93. The van der Waals surface area contributed by atoms with Crippen molar-refractivity contribution >= 4 is 90.8 Å². The van der Waals surface area contributed by atoms with E-state index in [0.717, 1.165) is 45.3 Å². The molecule has 0 unspecified atom stereocenters. The molecule has 0 saturated heterocycles. The van der Waals surface area contributed by atoms with Gasteiger partial charge in [-0.05, 0) is 203 Å². The van der Waals surface area contributed by atoms with E-state index in [9.17, 15) is 0 Å². The first kappa shape index (κ1) is 58.5. The number of halogens is 1. The lowest BCUT2D eigenvalue weighted by atomic mass is 9.80. The molecule has 0 bridgehead atoms. The number of benzene rings is 12. The van der Waals surface area contributed by atoms with Crippen LogP contribution in [0.25, 0.3) is 77.2 Å². The Kier molecular flexibility index (Phi) is 18.9. The van der Waals surface area contributed by atoms with Crippen LogP contribution in [0.5, 0.6) is 0 Å². The minimum atomic E-state index is -1.41. The van der Waals surface area contributed by atoms with Crippen molar-refractivity contribution in [2.45, 2.75) is 7.43 Å². The number of para-hydroxylation sites is 4. The van der Waals surface area contributed by atoms with Gasteiger partial charge >= 0.3 is 7.12 Å². The molecule has 0 fully saturated rings. The fraction of sp³-hybridized carbons (Fsp3) is 0.0127. The summed E-state index contributed by atoms with van der Waals surface area (Å²) in [6, 6.07) is 110. The van der Waals surface area contributed by atoms with Gasteiger partial charge in [0.1, 0.15) is 0 Å². The Morgan fingerprint density at radius 2 is 0.552 bits per heavy atom. The molecule has 2 heterocycles. The van der Waals surface area contributed by atoms with Crippen molar-refractivity contribution in [1.29, 1.82) is 0 Å². The molecule has 0 aliphatic heterocycles. The van der Waals surface area contributed by atoms with Crippen molar-refractivity contribution in [3.63, 3.8) is 0 Å². The Morgan fingerprint density at radius 1 is 0.276 bits per heavy atom. The zero-order valence-corrected chi connectivity index (χ0v) is 49.1. The fourth-order valence-electron chi connectivity index (χ4n) is 10.9. The highest BCUT2D eigenvalue weighted by molar-refractivity contribution is 14.1. The van der Waals surface area contributed by atoms with E-state index in [0.29, 0.717) is 5.46 Å². The SMILES string of the molecule is C.Ic1cccc2cccc(-c3ccc(N(c4ccccc4)c4ccccc4)cc3)c12.OB(O)c1ccc(-c2ccncc2)cc1.[2HH].c1ccc(N(c2ccccc2)c2ccc(-c3cccc4cccc(-c5ccc(-c6ccncc6)cc5)c34)cc2)cc1. The van der Waals surface area contributed by atoms with Gasteiger partial charge in [-0.25, -0.2) is 0 Å². The number of anilines is 6. The standard InChI is InChI=1S/C39H28N2.C28H20IN.C11H10BNO2.CH4.H2/c1-3-11-34(12-4-1)41(35-13-5-2-6-14-35)36-23-21-32(22-24-36)38-16-8-10-33-9-7-15-37(39(33)38)31-19-17-29(18-20-31)30-25-27-40-28-26-30;29-27-16-8-10-22-9-7-15-26(28(22)27)21-17-19-25(20-18-21)30(23-11-3-1-4-12-23)24-13-5-2-6-14-24;14-12(15)11-3-1-9(2-4-11)10-5-7-13-8-6-10;;/h1-28H;1-20H;1-8,14-15H;1H4;1H/i;;;;1+1. The number of hydrogen-bond acceptors (Lipinski definition) is 6. The van der Waals surface area contributed by atoms with Crippen LogP contribution in [0, 0.1) is 3.57 Å². The van der Waals surface area contributed by atoms with Gasteiger partial charge in [-0.3, -0.25) is 9.97 Å². The summed E-state index contributed by atoms with van der Waals surface area (Å²) in [5.74, 6) is 0. The largest absolute Gasteiger partial charge is 0.488 e. The average molecular weight is 1240 g/mol. The Hall–Kier alpha value is -10.2. The summed E-state index contributed by atoms with van der Waals surface area (Å²) in [6.07, 6.45) is 7.13. The molecule has 0 atom stereocenters. The van der Waals surface area contributed by atoms with E-state index >= 15 is 0 Å². The molecular formula is C79H64BIN4O2. The minimum Gasteiger partial charge on any atom is -0.423 e. The van der Waals surface area contributed by atoms with Gasteiger partial charge < -0.3 is 19.8 Å². The molecule has 0 aliphatic carbocycles. The van der Waals surface area contributed by atoms with E-state index in [1.165, 1.54) is 69.6 Å². The maximum absolute atomic E-state index is 8.93. The zero-order valence-electron chi connectivity index (χ0n) is 47.0. The van der Waals surface area contributed by atoms with Crippen molar-refractivity contribution in [1.82, 2.24) is 9.97 Å². The highest BCUT2D eigenvalue weighted by atomic mass is 127. The molecule has 422 valence electrons. The second-order valence-corrected chi connectivity index (χ2v) is 21.7. The van der Waals surface area contributed by atoms with Crippen molar-refractivity contribution in [3.05, 3.63) is 344 Å². The quantitative estimate of drug-likeness (QED) is 0.0938. The molecule has 0 aliphatic rings. The third kappa shape index (κ3) is 13.7. The van der Waals surface area contributed by atoms with Crippen molar-refractivity contribution in [2.75, 3.05) is 9.80 Å². The van der Waals surface area contributed by atoms with Crippen LogP contribution in [0.3, 0.4) is 0 Å². The minimum absolute atomic E-state index is 0. The van der Waals surface area contributed by atoms with E-state index in [1.807, 2.05) is 48.8 Å². The van der Waals surface area contributed by atoms with Gasteiger partial charge in [0.2, 0.25) is 0 Å². The number of rotatable bonds is 12. The van der Waals surface area contributed by atoms with Crippen LogP contribution in [0.1, 0.15) is 8.85 Å². The predicted octanol–water partition coefficient (Wildman–Crippen LogP) is 20.6. The summed E-state index contributed by atoms with van der Waals surface area (Å²) >= 11 is 2.43. The zero-order chi connectivity index (χ0) is 58.4. The summed E-state index contributed by atoms with van der Waals surface area (Å²) in [5.41, 5.74) is 19.1. The highest BCUT2D eigenvalue weighted by Gasteiger charge is 2.17. The van der Waals surface area contributed by atoms with Crippen LogP contribution in [0.4, 0.5) is 34.1 Å². The first-order valence-corrected chi connectivity index (χ1v) is 29.6.